The van der Waals surface area contributed by atoms with Crippen LogP contribution in [-0.2, 0) is 16.1 Å². The van der Waals surface area contributed by atoms with E-state index in [4.69, 9.17) is 0 Å². The summed E-state index contributed by atoms with van der Waals surface area (Å²) >= 11 is 0. The van der Waals surface area contributed by atoms with Crippen molar-refractivity contribution in [2.24, 2.45) is 0 Å². The molecule has 0 aliphatic carbocycles. The highest BCUT2D eigenvalue weighted by Crippen LogP contribution is 2.33. The number of nitrogens with one attached hydrogen (secondary N) is 2. The van der Waals surface area contributed by atoms with Crippen LogP contribution in [0.3, 0.4) is 0 Å². The predicted molar refractivity (Wildman–Crippen MR) is 93.2 cm³/mol. The molecule has 2 aliphatic heterocycles. The molecule has 2 heterocycles. The number of carbonyl (C=O) groups is 2. The fourth-order valence-corrected chi connectivity index (χ4v) is 4.17. The Bertz CT molecular complexity index is 606. The second kappa shape index (κ2) is 7.95. The van der Waals surface area contributed by atoms with Crippen LogP contribution in [0.1, 0.15) is 44.6 Å². The van der Waals surface area contributed by atoms with Crippen molar-refractivity contribution in [3.05, 3.63) is 35.6 Å². The van der Waals surface area contributed by atoms with E-state index >= 15 is 0 Å². The molecule has 1 unspecified atom stereocenters. The maximum absolute atomic E-state index is 12.9. The van der Waals surface area contributed by atoms with Gasteiger partial charge in [0.2, 0.25) is 11.8 Å². The van der Waals surface area contributed by atoms with Gasteiger partial charge in [0.15, 0.2) is 0 Å². The summed E-state index contributed by atoms with van der Waals surface area (Å²) < 4.78 is 12.9. The third-order valence-corrected chi connectivity index (χ3v) is 5.26. The summed E-state index contributed by atoms with van der Waals surface area (Å²) in [5.41, 5.74) is 0.888. The zero-order valence-corrected chi connectivity index (χ0v) is 14.6. The number of hydrogen-bond donors (Lipinski definition) is 2. The van der Waals surface area contributed by atoms with E-state index in [2.05, 4.69) is 15.5 Å². The minimum atomic E-state index is -0.273. The first-order chi connectivity index (χ1) is 12.0. The summed E-state index contributed by atoms with van der Waals surface area (Å²) in [6, 6.07) is 7.12. The van der Waals surface area contributed by atoms with E-state index in [-0.39, 0.29) is 23.7 Å². The topological polar surface area (TPSA) is 61.4 Å². The molecule has 3 atom stereocenters. The Morgan fingerprint density at radius 2 is 1.80 bits per heavy atom. The number of nitrogens with zero attached hydrogens (tertiary/aromatic N) is 1. The molecule has 2 aliphatic rings. The van der Waals surface area contributed by atoms with Gasteiger partial charge in [-0.2, -0.15) is 0 Å². The van der Waals surface area contributed by atoms with E-state index in [1.807, 2.05) is 0 Å². The molecule has 5 nitrogen and oxygen atoms in total. The first-order valence-electron chi connectivity index (χ1n) is 9.05. The van der Waals surface area contributed by atoms with Gasteiger partial charge >= 0.3 is 0 Å². The molecule has 2 amide bonds. The Hall–Kier alpha value is -1.95. The van der Waals surface area contributed by atoms with Crippen LogP contribution in [0, 0.1) is 5.82 Å². The van der Waals surface area contributed by atoms with Crippen molar-refractivity contribution in [2.75, 3.05) is 6.54 Å². The molecule has 2 N–H and O–H groups in total. The van der Waals surface area contributed by atoms with Crippen molar-refractivity contribution >= 4 is 11.8 Å². The highest BCUT2D eigenvalue weighted by atomic mass is 19.1. The number of halogens is 1. The maximum atomic E-state index is 12.9. The molecule has 0 spiro atoms. The van der Waals surface area contributed by atoms with Crippen LogP contribution < -0.4 is 10.6 Å². The maximum Gasteiger partial charge on any atom is 0.234 e. The van der Waals surface area contributed by atoms with Gasteiger partial charge in [0.05, 0.1) is 6.54 Å². The van der Waals surface area contributed by atoms with Gasteiger partial charge in [0.1, 0.15) is 5.82 Å². The standard InChI is InChI=1S/C19H26FN3O2/c1-13(24)22-16-9-17-3-2-4-18(10-16)23(17)12-19(25)21-11-14-5-7-15(20)8-6-14/h5-8,16-18H,2-4,9-12H2,1H3,(H,21,25)(H,22,24)/t16?,17-,18+. The summed E-state index contributed by atoms with van der Waals surface area (Å²) in [4.78, 5) is 26.0. The number of benzene rings is 1. The average Bonchev–Trinajstić information content (AvgIpc) is 2.54. The van der Waals surface area contributed by atoms with Gasteiger partial charge in [-0.1, -0.05) is 18.6 Å². The van der Waals surface area contributed by atoms with Crippen molar-refractivity contribution in [3.63, 3.8) is 0 Å². The summed E-state index contributed by atoms with van der Waals surface area (Å²) in [6.07, 6.45) is 5.19. The highest BCUT2D eigenvalue weighted by Gasteiger charge is 2.39. The fourth-order valence-electron chi connectivity index (χ4n) is 4.17. The Labute approximate surface area is 148 Å². The number of piperidine rings is 2. The Morgan fingerprint density at radius 3 is 2.40 bits per heavy atom. The van der Waals surface area contributed by atoms with Crippen LogP contribution in [0.25, 0.3) is 0 Å². The van der Waals surface area contributed by atoms with Gasteiger partial charge in [-0.3, -0.25) is 14.5 Å². The normalized spacial score (nSPS) is 26.1. The third kappa shape index (κ3) is 4.78. The summed E-state index contributed by atoms with van der Waals surface area (Å²) in [7, 11) is 0. The molecule has 25 heavy (non-hydrogen) atoms. The highest BCUT2D eigenvalue weighted by molar-refractivity contribution is 5.78. The zero-order chi connectivity index (χ0) is 17.8. The van der Waals surface area contributed by atoms with Crippen LogP contribution in [0.4, 0.5) is 4.39 Å². The van der Waals surface area contributed by atoms with E-state index in [1.165, 1.54) is 18.6 Å². The van der Waals surface area contributed by atoms with Crippen LogP contribution in [0.15, 0.2) is 24.3 Å². The van der Waals surface area contributed by atoms with Gasteiger partial charge in [-0.05, 0) is 43.4 Å². The molecule has 6 heteroatoms. The van der Waals surface area contributed by atoms with Crippen molar-refractivity contribution in [1.29, 1.82) is 0 Å². The lowest BCUT2D eigenvalue weighted by atomic mass is 9.81. The monoisotopic (exact) mass is 347 g/mol. The SMILES string of the molecule is CC(=O)NC1C[C@H]2CCC[C@@H](C1)N2CC(=O)NCc1ccc(F)cc1. The third-order valence-electron chi connectivity index (χ3n) is 5.26. The fraction of sp³-hybridized carbons (Fsp3) is 0.579. The lowest BCUT2D eigenvalue weighted by molar-refractivity contribution is -0.126. The van der Waals surface area contributed by atoms with E-state index in [0.717, 1.165) is 31.2 Å². The summed E-state index contributed by atoms with van der Waals surface area (Å²) in [6.45, 7) is 2.37. The van der Waals surface area contributed by atoms with Crippen molar-refractivity contribution in [3.8, 4) is 0 Å². The molecular formula is C19H26FN3O2. The molecule has 1 aromatic rings. The lowest BCUT2D eigenvalue weighted by Gasteiger charge is -2.48. The second-order valence-electron chi connectivity index (χ2n) is 7.18. The van der Waals surface area contributed by atoms with Crippen molar-refractivity contribution in [1.82, 2.24) is 15.5 Å². The van der Waals surface area contributed by atoms with E-state index in [9.17, 15) is 14.0 Å². The Kier molecular flexibility index (Phi) is 5.68. The number of fused-ring (bicyclic) bond motifs is 2. The second-order valence-corrected chi connectivity index (χ2v) is 7.18. The summed E-state index contributed by atoms with van der Waals surface area (Å²) in [5, 5.41) is 5.96. The zero-order valence-electron chi connectivity index (χ0n) is 14.6. The van der Waals surface area contributed by atoms with Gasteiger partial charge in [-0.15, -0.1) is 0 Å². The minimum Gasteiger partial charge on any atom is -0.353 e. The van der Waals surface area contributed by atoms with E-state index < -0.39 is 0 Å². The molecular weight excluding hydrogens is 321 g/mol. The molecule has 3 rings (SSSR count). The largest absolute Gasteiger partial charge is 0.353 e. The average molecular weight is 347 g/mol. The minimum absolute atomic E-state index is 0.000739. The van der Waals surface area contributed by atoms with Gasteiger partial charge in [0, 0.05) is 31.6 Å². The van der Waals surface area contributed by atoms with Crippen LogP contribution in [0.2, 0.25) is 0 Å². The van der Waals surface area contributed by atoms with Crippen molar-refractivity contribution in [2.45, 2.75) is 63.7 Å². The molecule has 2 fully saturated rings. The van der Waals surface area contributed by atoms with Gasteiger partial charge in [-0.25, -0.2) is 4.39 Å². The van der Waals surface area contributed by atoms with Crippen LogP contribution in [0.5, 0.6) is 0 Å². The smallest absolute Gasteiger partial charge is 0.234 e. The summed E-state index contributed by atoms with van der Waals surface area (Å²) in [5.74, 6) is -0.252. The predicted octanol–water partition coefficient (Wildman–Crippen LogP) is 1.96. The van der Waals surface area contributed by atoms with E-state index in [1.54, 1.807) is 19.1 Å². The molecule has 136 valence electrons. The first kappa shape index (κ1) is 17.9. The van der Waals surface area contributed by atoms with Gasteiger partial charge in [0.25, 0.3) is 0 Å². The number of amides is 2. The first-order valence-corrected chi connectivity index (χ1v) is 9.05. The van der Waals surface area contributed by atoms with E-state index in [0.29, 0.717) is 25.2 Å². The van der Waals surface area contributed by atoms with Crippen molar-refractivity contribution < 1.29 is 14.0 Å². The van der Waals surface area contributed by atoms with Crippen LogP contribution in [-0.4, -0.2) is 41.4 Å². The molecule has 0 radical (unpaired) electrons. The molecule has 0 aromatic heterocycles. The number of hydrogen-bond acceptors (Lipinski definition) is 3. The quantitative estimate of drug-likeness (QED) is 0.856. The molecule has 0 saturated carbocycles. The Morgan fingerprint density at radius 1 is 1.16 bits per heavy atom. The molecule has 1 aromatic carbocycles. The lowest BCUT2D eigenvalue weighted by Crippen LogP contribution is -2.58. The molecule has 2 bridgehead atoms. The number of carbonyl (C=O) groups excluding carboxylic acids is 2. The number of rotatable bonds is 5. The van der Waals surface area contributed by atoms with Gasteiger partial charge < -0.3 is 10.6 Å². The van der Waals surface area contributed by atoms with Crippen LogP contribution >= 0.6 is 0 Å². The Balaban J connectivity index is 1.52. The molecule has 2 saturated heterocycles.